The molecule has 138 valence electrons. The second kappa shape index (κ2) is 8.31. The SMILES string of the molecule is O=C(CCc1ccncc1)N1CCOC(Cc2cccc3ccccc23)C1. The van der Waals surface area contributed by atoms with Gasteiger partial charge in [0.25, 0.3) is 0 Å². The van der Waals surface area contributed by atoms with E-state index >= 15 is 0 Å². The van der Waals surface area contributed by atoms with Gasteiger partial charge in [0.1, 0.15) is 0 Å². The first kappa shape index (κ1) is 17.7. The molecule has 0 spiro atoms. The maximum absolute atomic E-state index is 12.6. The second-order valence-electron chi connectivity index (χ2n) is 7.03. The molecule has 27 heavy (non-hydrogen) atoms. The van der Waals surface area contributed by atoms with Crippen LogP contribution in [-0.4, -0.2) is 41.6 Å². The molecule has 1 amide bonds. The predicted molar refractivity (Wildman–Crippen MR) is 107 cm³/mol. The van der Waals surface area contributed by atoms with Crippen molar-refractivity contribution in [1.82, 2.24) is 9.88 Å². The van der Waals surface area contributed by atoms with E-state index in [4.69, 9.17) is 4.74 Å². The molecule has 1 atom stereocenters. The Balaban J connectivity index is 1.38. The predicted octanol–water partition coefficient (Wildman–Crippen LogP) is 3.64. The van der Waals surface area contributed by atoms with Gasteiger partial charge < -0.3 is 9.64 Å². The van der Waals surface area contributed by atoms with Crippen molar-refractivity contribution in [2.45, 2.75) is 25.4 Å². The number of benzene rings is 2. The third-order valence-corrected chi connectivity index (χ3v) is 5.20. The summed E-state index contributed by atoms with van der Waals surface area (Å²) >= 11 is 0. The zero-order valence-corrected chi connectivity index (χ0v) is 15.4. The summed E-state index contributed by atoms with van der Waals surface area (Å²) in [7, 11) is 0. The number of ether oxygens (including phenoxy) is 1. The van der Waals surface area contributed by atoms with Crippen molar-refractivity contribution >= 4 is 16.7 Å². The van der Waals surface area contributed by atoms with Crippen LogP contribution in [0.15, 0.2) is 67.0 Å². The molecule has 2 aromatic carbocycles. The van der Waals surface area contributed by atoms with E-state index in [2.05, 4.69) is 47.4 Å². The molecule has 4 rings (SSSR count). The first-order chi connectivity index (χ1) is 13.3. The van der Waals surface area contributed by atoms with Crippen LogP contribution in [0, 0.1) is 0 Å². The van der Waals surface area contributed by atoms with Crippen molar-refractivity contribution < 1.29 is 9.53 Å². The van der Waals surface area contributed by atoms with Crippen molar-refractivity contribution in [3.05, 3.63) is 78.1 Å². The van der Waals surface area contributed by atoms with E-state index in [1.165, 1.54) is 16.3 Å². The minimum absolute atomic E-state index is 0.0504. The van der Waals surface area contributed by atoms with Gasteiger partial charge in [-0.05, 0) is 40.5 Å². The molecule has 1 unspecified atom stereocenters. The lowest BCUT2D eigenvalue weighted by Gasteiger charge is -2.33. The van der Waals surface area contributed by atoms with Gasteiger partial charge in [0.2, 0.25) is 5.91 Å². The lowest BCUT2D eigenvalue weighted by atomic mass is 9.99. The molecule has 0 bridgehead atoms. The van der Waals surface area contributed by atoms with E-state index in [0.29, 0.717) is 26.1 Å². The average Bonchev–Trinajstić information content (AvgIpc) is 2.73. The molecule has 0 radical (unpaired) electrons. The summed E-state index contributed by atoms with van der Waals surface area (Å²) in [5, 5.41) is 2.51. The number of hydrogen-bond donors (Lipinski definition) is 0. The number of pyridine rings is 1. The first-order valence-electron chi connectivity index (χ1n) is 9.54. The molecule has 4 nitrogen and oxygen atoms in total. The normalized spacial score (nSPS) is 17.2. The highest BCUT2D eigenvalue weighted by molar-refractivity contribution is 5.85. The molecule has 1 aliphatic rings. The molecule has 3 aromatic rings. The summed E-state index contributed by atoms with van der Waals surface area (Å²) in [6, 6.07) is 18.8. The summed E-state index contributed by atoms with van der Waals surface area (Å²) in [4.78, 5) is 18.6. The number of carbonyl (C=O) groups excluding carboxylic acids is 1. The van der Waals surface area contributed by atoms with Gasteiger partial charge in [0, 0.05) is 38.3 Å². The van der Waals surface area contributed by atoms with Crippen molar-refractivity contribution in [3.8, 4) is 0 Å². The van der Waals surface area contributed by atoms with E-state index in [1.807, 2.05) is 17.0 Å². The minimum Gasteiger partial charge on any atom is -0.374 e. The fourth-order valence-corrected chi connectivity index (χ4v) is 3.74. The summed E-state index contributed by atoms with van der Waals surface area (Å²) < 4.78 is 5.97. The van der Waals surface area contributed by atoms with Gasteiger partial charge in [-0.2, -0.15) is 0 Å². The van der Waals surface area contributed by atoms with E-state index in [1.54, 1.807) is 12.4 Å². The molecule has 2 heterocycles. The highest BCUT2D eigenvalue weighted by Crippen LogP contribution is 2.22. The van der Waals surface area contributed by atoms with Crippen molar-refractivity contribution in [3.63, 3.8) is 0 Å². The van der Waals surface area contributed by atoms with E-state index < -0.39 is 0 Å². The number of fused-ring (bicyclic) bond motifs is 1. The average molecular weight is 360 g/mol. The maximum atomic E-state index is 12.6. The molecule has 1 aliphatic heterocycles. The standard InChI is InChI=1S/C23H24N2O2/c26-23(9-8-18-10-12-24-13-11-18)25-14-15-27-21(17-25)16-20-6-3-5-19-4-1-2-7-22(19)20/h1-7,10-13,21H,8-9,14-17H2. The van der Waals surface area contributed by atoms with Gasteiger partial charge >= 0.3 is 0 Å². The number of aromatic nitrogens is 1. The van der Waals surface area contributed by atoms with Gasteiger partial charge in [0.15, 0.2) is 0 Å². The molecule has 1 aromatic heterocycles. The number of rotatable bonds is 5. The number of aryl methyl sites for hydroxylation is 1. The maximum Gasteiger partial charge on any atom is 0.223 e. The van der Waals surface area contributed by atoms with Crippen LogP contribution in [0.2, 0.25) is 0 Å². The van der Waals surface area contributed by atoms with Crippen LogP contribution in [0.25, 0.3) is 10.8 Å². The monoisotopic (exact) mass is 360 g/mol. The molecule has 0 aliphatic carbocycles. The van der Waals surface area contributed by atoms with Crippen LogP contribution in [0.3, 0.4) is 0 Å². The van der Waals surface area contributed by atoms with Crippen LogP contribution in [0.1, 0.15) is 17.5 Å². The van der Waals surface area contributed by atoms with Crippen LogP contribution < -0.4 is 0 Å². The number of nitrogens with zero attached hydrogens (tertiary/aromatic N) is 2. The summed E-state index contributed by atoms with van der Waals surface area (Å²) in [5.74, 6) is 0.207. The molecular weight excluding hydrogens is 336 g/mol. The van der Waals surface area contributed by atoms with Gasteiger partial charge in [-0.3, -0.25) is 9.78 Å². The molecule has 1 saturated heterocycles. The molecular formula is C23H24N2O2. The first-order valence-corrected chi connectivity index (χ1v) is 9.54. The van der Waals surface area contributed by atoms with Crippen molar-refractivity contribution in [2.75, 3.05) is 19.7 Å². The zero-order valence-electron chi connectivity index (χ0n) is 15.4. The fraction of sp³-hybridized carbons (Fsp3) is 0.304. The Hall–Kier alpha value is -2.72. The quantitative estimate of drug-likeness (QED) is 0.698. The Morgan fingerprint density at radius 3 is 2.78 bits per heavy atom. The minimum atomic E-state index is 0.0504. The van der Waals surface area contributed by atoms with Gasteiger partial charge in [-0.15, -0.1) is 0 Å². The number of morpholine rings is 1. The number of amides is 1. The zero-order chi connectivity index (χ0) is 18.5. The van der Waals surface area contributed by atoms with E-state index in [9.17, 15) is 4.79 Å². The summed E-state index contributed by atoms with van der Waals surface area (Å²) in [6.45, 7) is 1.95. The molecule has 0 N–H and O–H groups in total. The topological polar surface area (TPSA) is 42.4 Å². The van der Waals surface area contributed by atoms with Gasteiger partial charge in [-0.1, -0.05) is 42.5 Å². The number of hydrogen-bond acceptors (Lipinski definition) is 3. The number of carbonyl (C=O) groups is 1. The van der Waals surface area contributed by atoms with Crippen LogP contribution in [0.4, 0.5) is 0 Å². The largest absolute Gasteiger partial charge is 0.374 e. The highest BCUT2D eigenvalue weighted by atomic mass is 16.5. The lowest BCUT2D eigenvalue weighted by molar-refractivity contribution is -0.138. The molecule has 0 saturated carbocycles. The lowest BCUT2D eigenvalue weighted by Crippen LogP contribution is -2.46. The van der Waals surface area contributed by atoms with E-state index in [0.717, 1.165) is 18.4 Å². The van der Waals surface area contributed by atoms with Gasteiger partial charge in [0.05, 0.1) is 12.7 Å². The Morgan fingerprint density at radius 1 is 1.07 bits per heavy atom. The Morgan fingerprint density at radius 2 is 1.89 bits per heavy atom. The molecule has 4 heteroatoms. The smallest absolute Gasteiger partial charge is 0.223 e. The Kier molecular flexibility index (Phi) is 5.45. The van der Waals surface area contributed by atoms with E-state index in [-0.39, 0.29) is 12.0 Å². The van der Waals surface area contributed by atoms with Crippen molar-refractivity contribution in [2.24, 2.45) is 0 Å². The third-order valence-electron chi connectivity index (χ3n) is 5.20. The van der Waals surface area contributed by atoms with Crippen molar-refractivity contribution in [1.29, 1.82) is 0 Å². The summed E-state index contributed by atoms with van der Waals surface area (Å²) in [5.41, 5.74) is 2.43. The Bertz CT molecular complexity index is 905. The van der Waals surface area contributed by atoms with Gasteiger partial charge in [-0.25, -0.2) is 0 Å². The fourth-order valence-electron chi connectivity index (χ4n) is 3.74. The highest BCUT2D eigenvalue weighted by Gasteiger charge is 2.24. The third kappa shape index (κ3) is 4.34. The van der Waals surface area contributed by atoms with Crippen LogP contribution in [-0.2, 0) is 22.4 Å². The second-order valence-corrected chi connectivity index (χ2v) is 7.03. The molecule has 1 fully saturated rings. The van der Waals surface area contributed by atoms with Crippen LogP contribution >= 0.6 is 0 Å². The Labute approximate surface area is 159 Å². The summed E-state index contributed by atoms with van der Waals surface area (Å²) in [6.07, 6.45) is 5.71. The van der Waals surface area contributed by atoms with Crippen LogP contribution in [0.5, 0.6) is 0 Å².